The molecule has 0 saturated heterocycles. The molecule has 124 valence electrons. The number of fused-ring (bicyclic) bond motifs is 2. The standard InChI is InChI=1S/C21H12N2O2S/c24-23(25)18-7-2-1-5-15(18)14-8-9-16-17-6-3-4-13-10-11-22-21(20(13)17)26-19(16)12-14/h1-12H. The van der Waals surface area contributed by atoms with E-state index in [1.54, 1.807) is 30.0 Å². The number of nitro groups is 1. The Kier molecular flexibility index (Phi) is 3.30. The number of pyridine rings is 1. The van der Waals surface area contributed by atoms with Gasteiger partial charge in [0.2, 0.25) is 0 Å². The molecule has 0 fully saturated rings. The fourth-order valence-electron chi connectivity index (χ4n) is 3.48. The molecule has 0 spiro atoms. The van der Waals surface area contributed by atoms with E-state index < -0.39 is 0 Å². The molecule has 4 nitrogen and oxygen atoms in total. The van der Waals surface area contributed by atoms with E-state index in [2.05, 4.69) is 29.2 Å². The summed E-state index contributed by atoms with van der Waals surface area (Å²) in [5.74, 6) is 0. The average Bonchev–Trinajstić information content (AvgIpc) is 2.68. The molecule has 26 heavy (non-hydrogen) atoms. The van der Waals surface area contributed by atoms with Gasteiger partial charge in [0.05, 0.1) is 10.5 Å². The van der Waals surface area contributed by atoms with Crippen molar-refractivity contribution in [1.29, 1.82) is 0 Å². The maximum atomic E-state index is 11.4. The SMILES string of the molecule is O=[N+]([O-])c1ccccc1-c1ccc2c(c1)Sc1nccc3cccc-2c13. The molecule has 5 rings (SSSR count). The average molecular weight is 356 g/mol. The van der Waals surface area contributed by atoms with Gasteiger partial charge in [0.15, 0.2) is 0 Å². The first-order chi connectivity index (χ1) is 12.7. The second-order valence-corrected chi connectivity index (χ2v) is 7.14. The van der Waals surface area contributed by atoms with Crippen molar-refractivity contribution in [2.75, 3.05) is 0 Å². The number of para-hydroxylation sites is 1. The van der Waals surface area contributed by atoms with Gasteiger partial charge in [-0.1, -0.05) is 54.2 Å². The maximum absolute atomic E-state index is 11.4. The lowest BCUT2D eigenvalue weighted by molar-refractivity contribution is -0.384. The van der Waals surface area contributed by atoms with Crippen LogP contribution >= 0.6 is 11.8 Å². The van der Waals surface area contributed by atoms with Crippen LogP contribution in [0.5, 0.6) is 0 Å². The Morgan fingerprint density at radius 2 is 1.73 bits per heavy atom. The van der Waals surface area contributed by atoms with Gasteiger partial charge in [0, 0.05) is 22.5 Å². The van der Waals surface area contributed by atoms with E-state index in [1.165, 1.54) is 10.8 Å². The number of nitro benzene ring substituents is 1. The van der Waals surface area contributed by atoms with E-state index in [-0.39, 0.29) is 10.6 Å². The van der Waals surface area contributed by atoms with Crippen molar-refractivity contribution in [3.63, 3.8) is 0 Å². The first kappa shape index (κ1) is 15.1. The number of hydrogen-bond donors (Lipinski definition) is 0. The number of nitrogens with zero attached hydrogens (tertiary/aromatic N) is 2. The first-order valence-electron chi connectivity index (χ1n) is 8.16. The zero-order chi connectivity index (χ0) is 17.7. The lowest BCUT2D eigenvalue weighted by Gasteiger charge is -2.20. The predicted octanol–water partition coefficient (Wildman–Crippen LogP) is 5.94. The van der Waals surface area contributed by atoms with Crippen molar-refractivity contribution in [1.82, 2.24) is 4.98 Å². The van der Waals surface area contributed by atoms with Crippen LogP contribution < -0.4 is 0 Å². The van der Waals surface area contributed by atoms with Crippen molar-refractivity contribution in [2.45, 2.75) is 9.92 Å². The van der Waals surface area contributed by atoms with Gasteiger partial charge in [0.25, 0.3) is 5.69 Å². The topological polar surface area (TPSA) is 56.0 Å². The fraction of sp³-hybridized carbons (Fsp3) is 0. The Hall–Kier alpha value is -3.18. The highest BCUT2D eigenvalue weighted by Crippen LogP contribution is 2.48. The van der Waals surface area contributed by atoms with Gasteiger partial charge in [-0.3, -0.25) is 10.1 Å². The summed E-state index contributed by atoms with van der Waals surface area (Å²) in [6.45, 7) is 0. The summed E-state index contributed by atoms with van der Waals surface area (Å²) in [6, 6.07) is 21.2. The minimum atomic E-state index is -0.334. The van der Waals surface area contributed by atoms with Crippen LogP contribution in [0.25, 0.3) is 33.0 Å². The fourth-order valence-corrected chi connectivity index (χ4v) is 4.60. The van der Waals surface area contributed by atoms with Crippen LogP contribution in [0.2, 0.25) is 0 Å². The minimum Gasteiger partial charge on any atom is -0.258 e. The maximum Gasteiger partial charge on any atom is 0.277 e. The van der Waals surface area contributed by atoms with Crippen LogP contribution in [0.15, 0.2) is 82.8 Å². The third kappa shape index (κ3) is 2.21. The van der Waals surface area contributed by atoms with Crippen LogP contribution in [0.4, 0.5) is 5.69 Å². The van der Waals surface area contributed by atoms with Crippen LogP contribution in [0, 0.1) is 10.1 Å². The molecule has 0 radical (unpaired) electrons. The van der Waals surface area contributed by atoms with Crippen molar-refractivity contribution >= 4 is 28.2 Å². The lowest BCUT2D eigenvalue weighted by atomic mass is 9.96. The molecule has 3 aromatic carbocycles. The summed E-state index contributed by atoms with van der Waals surface area (Å²) < 4.78 is 0. The van der Waals surface area contributed by atoms with Gasteiger partial charge in [-0.15, -0.1) is 0 Å². The van der Waals surface area contributed by atoms with Crippen molar-refractivity contribution in [2.24, 2.45) is 0 Å². The van der Waals surface area contributed by atoms with Crippen LogP contribution in [0.1, 0.15) is 0 Å². The van der Waals surface area contributed by atoms with E-state index in [0.717, 1.165) is 26.6 Å². The Bertz CT molecular complexity index is 1200. The quantitative estimate of drug-likeness (QED) is 0.290. The molecule has 0 atom stereocenters. The van der Waals surface area contributed by atoms with E-state index in [1.807, 2.05) is 30.5 Å². The zero-order valence-corrected chi connectivity index (χ0v) is 14.4. The second kappa shape index (κ2) is 5.68. The Morgan fingerprint density at radius 3 is 2.62 bits per heavy atom. The van der Waals surface area contributed by atoms with Gasteiger partial charge in [-0.05, 0) is 40.3 Å². The number of rotatable bonds is 2. The Morgan fingerprint density at radius 1 is 0.885 bits per heavy atom. The van der Waals surface area contributed by atoms with Gasteiger partial charge < -0.3 is 0 Å². The van der Waals surface area contributed by atoms with Crippen LogP contribution in [0.3, 0.4) is 0 Å². The molecule has 4 aromatic rings. The monoisotopic (exact) mass is 356 g/mol. The Balaban J connectivity index is 1.73. The number of benzene rings is 3. The van der Waals surface area contributed by atoms with Gasteiger partial charge in [-0.25, -0.2) is 4.98 Å². The summed E-state index contributed by atoms with van der Waals surface area (Å²) in [4.78, 5) is 16.6. The van der Waals surface area contributed by atoms with Crippen molar-refractivity contribution in [3.05, 3.63) is 83.0 Å². The molecule has 1 aliphatic heterocycles. The lowest BCUT2D eigenvalue weighted by Crippen LogP contribution is -1.96. The highest BCUT2D eigenvalue weighted by atomic mass is 32.2. The number of aromatic nitrogens is 1. The normalized spacial score (nSPS) is 12.0. The molecular formula is C21H12N2O2S. The summed E-state index contributed by atoms with van der Waals surface area (Å²) >= 11 is 1.62. The zero-order valence-electron chi connectivity index (χ0n) is 13.5. The van der Waals surface area contributed by atoms with Gasteiger partial charge >= 0.3 is 0 Å². The van der Waals surface area contributed by atoms with E-state index >= 15 is 0 Å². The molecule has 0 unspecified atom stereocenters. The van der Waals surface area contributed by atoms with Crippen LogP contribution in [-0.4, -0.2) is 9.91 Å². The summed E-state index contributed by atoms with van der Waals surface area (Å²) in [7, 11) is 0. The molecule has 0 aliphatic carbocycles. The third-order valence-electron chi connectivity index (χ3n) is 4.65. The predicted molar refractivity (Wildman–Crippen MR) is 103 cm³/mol. The molecule has 5 heteroatoms. The molecule has 1 aromatic heterocycles. The molecule has 1 aliphatic rings. The second-order valence-electron chi connectivity index (χ2n) is 6.11. The highest BCUT2D eigenvalue weighted by Gasteiger charge is 2.22. The van der Waals surface area contributed by atoms with Gasteiger partial charge in [0.1, 0.15) is 5.03 Å². The molecule has 0 N–H and O–H groups in total. The largest absolute Gasteiger partial charge is 0.277 e. The highest BCUT2D eigenvalue weighted by molar-refractivity contribution is 7.99. The first-order valence-corrected chi connectivity index (χ1v) is 8.98. The Labute approximate surface area is 153 Å². The smallest absolute Gasteiger partial charge is 0.258 e. The third-order valence-corrected chi connectivity index (χ3v) is 5.71. The molecule has 2 heterocycles. The summed E-state index contributed by atoms with van der Waals surface area (Å²) in [5.41, 5.74) is 3.90. The molecule has 0 amide bonds. The van der Waals surface area contributed by atoms with Crippen LogP contribution in [-0.2, 0) is 0 Å². The molecule has 0 bridgehead atoms. The van der Waals surface area contributed by atoms with Crippen molar-refractivity contribution in [3.8, 4) is 22.3 Å². The van der Waals surface area contributed by atoms with Crippen molar-refractivity contribution < 1.29 is 4.92 Å². The number of hydrogen-bond acceptors (Lipinski definition) is 4. The van der Waals surface area contributed by atoms with E-state index in [4.69, 9.17) is 0 Å². The molecular weight excluding hydrogens is 344 g/mol. The van der Waals surface area contributed by atoms with E-state index in [9.17, 15) is 10.1 Å². The van der Waals surface area contributed by atoms with E-state index in [0.29, 0.717) is 5.56 Å². The summed E-state index contributed by atoms with van der Waals surface area (Å²) in [6.07, 6.45) is 1.82. The van der Waals surface area contributed by atoms with Gasteiger partial charge in [-0.2, -0.15) is 0 Å². The molecule has 0 saturated carbocycles. The summed E-state index contributed by atoms with van der Waals surface area (Å²) in [5, 5.41) is 14.7. The minimum absolute atomic E-state index is 0.119.